The molecule has 2 aliphatic rings. The van der Waals surface area contributed by atoms with Gasteiger partial charge >= 0.3 is 0 Å². The highest BCUT2D eigenvalue weighted by molar-refractivity contribution is 5.96. The normalized spacial score (nSPS) is 24.6. The van der Waals surface area contributed by atoms with Crippen molar-refractivity contribution in [2.24, 2.45) is 11.7 Å². The lowest BCUT2D eigenvalue weighted by atomic mass is 9.89. The van der Waals surface area contributed by atoms with Crippen LogP contribution in [0.4, 0.5) is 5.69 Å². The third-order valence-corrected chi connectivity index (χ3v) is 4.63. The largest absolute Gasteiger partial charge is 0.341 e. The molecule has 0 saturated carbocycles. The quantitative estimate of drug-likeness (QED) is 0.889. The summed E-state index contributed by atoms with van der Waals surface area (Å²) in [5.41, 5.74) is 7.97. The Balaban J connectivity index is 1.55. The molecule has 2 aliphatic heterocycles. The molecule has 2 amide bonds. The lowest BCUT2D eigenvalue weighted by molar-refractivity contribution is -0.132. The van der Waals surface area contributed by atoms with Crippen molar-refractivity contribution >= 4 is 17.5 Å². The van der Waals surface area contributed by atoms with Gasteiger partial charge in [0.2, 0.25) is 11.8 Å². The van der Waals surface area contributed by atoms with Crippen molar-refractivity contribution in [3.8, 4) is 0 Å². The lowest BCUT2D eigenvalue weighted by Crippen LogP contribution is -2.45. The van der Waals surface area contributed by atoms with E-state index in [1.807, 2.05) is 29.2 Å². The van der Waals surface area contributed by atoms with Crippen LogP contribution in [0, 0.1) is 5.92 Å². The molecule has 0 aliphatic carbocycles. The maximum atomic E-state index is 12.3. The molecule has 1 saturated heterocycles. The summed E-state index contributed by atoms with van der Waals surface area (Å²) in [4.78, 5) is 26.3. The third-order valence-electron chi connectivity index (χ3n) is 4.63. The number of fused-ring (bicyclic) bond motifs is 1. The second-order valence-electron chi connectivity index (χ2n) is 6.33. The maximum absolute atomic E-state index is 12.3. The van der Waals surface area contributed by atoms with E-state index >= 15 is 0 Å². The second-order valence-corrected chi connectivity index (χ2v) is 6.33. The molecule has 2 unspecified atom stereocenters. The van der Waals surface area contributed by atoms with E-state index in [4.69, 9.17) is 5.73 Å². The first-order valence-corrected chi connectivity index (χ1v) is 8.05. The minimum absolute atomic E-state index is 0.0295. The maximum Gasteiger partial charge on any atom is 0.227 e. The summed E-state index contributed by atoms with van der Waals surface area (Å²) in [6.45, 7) is 1.45. The molecular formula is C17H23N3O2. The summed E-state index contributed by atoms with van der Waals surface area (Å²) in [5, 5.41) is 2.94. The number of hydrogen-bond acceptors (Lipinski definition) is 3. The van der Waals surface area contributed by atoms with Gasteiger partial charge in [-0.25, -0.2) is 0 Å². The number of carbonyl (C=O) groups is 2. The van der Waals surface area contributed by atoms with Crippen molar-refractivity contribution in [3.63, 3.8) is 0 Å². The van der Waals surface area contributed by atoms with Gasteiger partial charge in [-0.1, -0.05) is 18.2 Å². The van der Waals surface area contributed by atoms with Gasteiger partial charge in [-0.15, -0.1) is 0 Å². The summed E-state index contributed by atoms with van der Waals surface area (Å²) in [5.74, 6) is 0.0426. The number of rotatable bonds is 3. The average molecular weight is 301 g/mol. The van der Waals surface area contributed by atoms with Crippen molar-refractivity contribution in [1.82, 2.24) is 4.90 Å². The molecule has 118 valence electrons. The Kier molecular flexibility index (Phi) is 4.43. The minimum atomic E-state index is -0.114. The van der Waals surface area contributed by atoms with Gasteiger partial charge < -0.3 is 16.0 Å². The molecule has 1 fully saturated rings. The van der Waals surface area contributed by atoms with Crippen LogP contribution in [0.15, 0.2) is 24.3 Å². The van der Waals surface area contributed by atoms with Crippen LogP contribution in [0.25, 0.3) is 0 Å². The molecule has 1 aromatic rings. The molecule has 2 atom stereocenters. The number of nitrogens with one attached hydrogen (secondary N) is 1. The van der Waals surface area contributed by atoms with Gasteiger partial charge in [0.25, 0.3) is 0 Å². The number of nitrogens with two attached hydrogens (primary N) is 1. The molecule has 0 radical (unpaired) electrons. The van der Waals surface area contributed by atoms with E-state index in [-0.39, 0.29) is 23.8 Å². The molecule has 1 aromatic carbocycles. The van der Waals surface area contributed by atoms with Gasteiger partial charge in [-0.05, 0) is 37.3 Å². The van der Waals surface area contributed by atoms with Gasteiger partial charge in [0.1, 0.15) is 0 Å². The Morgan fingerprint density at radius 2 is 2.18 bits per heavy atom. The molecule has 22 heavy (non-hydrogen) atoms. The topological polar surface area (TPSA) is 75.4 Å². The number of carbonyl (C=O) groups excluding carboxylic acids is 2. The fourth-order valence-corrected chi connectivity index (χ4v) is 3.34. The van der Waals surface area contributed by atoms with Crippen LogP contribution in [-0.4, -0.2) is 35.8 Å². The Labute approximate surface area is 130 Å². The summed E-state index contributed by atoms with van der Waals surface area (Å²) in [6.07, 6.45) is 3.71. The molecule has 0 aromatic heterocycles. The monoisotopic (exact) mass is 301 g/mol. The highest BCUT2D eigenvalue weighted by atomic mass is 16.2. The van der Waals surface area contributed by atoms with Gasteiger partial charge in [-0.2, -0.15) is 0 Å². The number of para-hydroxylation sites is 1. The van der Waals surface area contributed by atoms with E-state index in [2.05, 4.69) is 5.32 Å². The standard InChI is InChI=1S/C17H23N3O2/c18-14-5-3-9-20(11-14)16(21)8-7-13-10-12-4-1-2-6-15(12)19-17(13)22/h1-2,4,6,13-14H,3,5,7-11,18H2,(H,19,22). The van der Waals surface area contributed by atoms with Crippen LogP contribution in [-0.2, 0) is 16.0 Å². The van der Waals surface area contributed by atoms with E-state index in [1.165, 1.54) is 0 Å². The van der Waals surface area contributed by atoms with Crippen molar-refractivity contribution in [1.29, 1.82) is 0 Å². The average Bonchev–Trinajstić information content (AvgIpc) is 2.52. The van der Waals surface area contributed by atoms with E-state index in [0.29, 0.717) is 19.4 Å². The molecule has 5 heteroatoms. The minimum Gasteiger partial charge on any atom is -0.341 e. The fraction of sp³-hybridized carbons (Fsp3) is 0.529. The molecule has 0 bridgehead atoms. The number of amides is 2. The van der Waals surface area contributed by atoms with E-state index in [1.54, 1.807) is 0 Å². The van der Waals surface area contributed by atoms with Crippen molar-refractivity contribution in [2.45, 2.75) is 38.1 Å². The van der Waals surface area contributed by atoms with Crippen LogP contribution in [0.1, 0.15) is 31.2 Å². The van der Waals surface area contributed by atoms with Crippen LogP contribution in [0.5, 0.6) is 0 Å². The molecular weight excluding hydrogens is 278 g/mol. The summed E-state index contributed by atoms with van der Waals surface area (Å²) in [6, 6.07) is 7.95. The number of benzene rings is 1. The highest BCUT2D eigenvalue weighted by Gasteiger charge is 2.28. The van der Waals surface area contributed by atoms with Crippen LogP contribution < -0.4 is 11.1 Å². The molecule has 3 rings (SSSR count). The van der Waals surface area contributed by atoms with Gasteiger partial charge in [0, 0.05) is 37.2 Å². The fourth-order valence-electron chi connectivity index (χ4n) is 3.34. The molecule has 0 spiro atoms. The Hall–Kier alpha value is -1.88. The number of likely N-dealkylation sites (tertiary alicyclic amines) is 1. The molecule has 3 N–H and O–H groups in total. The Bertz CT molecular complexity index is 573. The van der Waals surface area contributed by atoms with E-state index in [9.17, 15) is 9.59 Å². The number of piperidine rings is 1. The van der Waals surface area contributed by atoms with Gasteiger partial charge in [0.15, 0.2) is 0 Å². The first kappa shape index (κ1) is 15.0. The number of nitrogens with zero attached hydrogens (tertiary/aromatic N) is 1. The highest BCUT2D eigenvalue weighted by Crippen LogP contribution is 2.27. The second kappa shape index (κ2) is 6.48. The Morgan fingerprint density at radius 3 is 3.00 bits per heavy atom. The summed E-state index contributed by atoms with van der Waals surface area (Å²) < 4.78 is 0. The van der Waals surface area contributed by atoms with Crippen LogP contribution in [0.3, 0.4) is 0 Å². The third kappa shape index (κ3) is 3.30. The zero-order valence-electron chi connectivity index (χ0n) is 12.8. The zero-order valence-corrected chi connectivity index (χ0v) is 12.8. The SMILES string of the molecule is NC1CCCN(C(=O)CCC2Cc3ccccc3NC2=O)C1. The van der Waals surface area contributed by atoms with E-state index in [0.717, 1.165) is 37.1 Å². The van der Waals surface area contributed by atoms with Crippen LogP contribution in [0.2, 0.25) is 0 Å². The van der Waals surface area contributed by atoms with Crippen molar-refractivity contribution in [2.75, 3.05) is 18.4 Å². The molecule has 5 nitrogen and oxygen atoms in total. The first-order chi connectivity index (χ1) is 10.6. The predicted molar refractivity (Wildman–Crippen MR) is 85.3 cm³/mol. The Morgan fingerprint density at radius 1 is 1.36 bits per heavy atom. The smallest absolute Gasteiger partial charge is 0.227 e. The predicted octanol–water partition coefficient (Wildman–Crippen LogP) is 1.53. The summed E-state index contributed by atoms with van der Waals surface area (Å²) >= 11 is 0. The van der Waals surface area contributed by atoms with E-state index < -0.39 is 0 Å². The van der Waals surface area contributed by atoms with Gasteiger partial charge in [0.05, 0.1) is 0 Å². The number of hydrogen-bond donors (Lipinski definition) is 2. The van der Waals surface area contributed by atoms with Crippen LogP contribution >= 0.6 is 0 Å². The van der Waals surface area contributed by atoms with Crippen molar-refractivity contribution in [3.05, 3.63) is 29.8 Å². The zero-order chi connectivity index (χ0) is 15.5. The summed E-state index contributed by atoms with van der Waals surface area (Å²) in [7, 11) is 0. The lowest BCUT2D eigenvalue weighted by Gasteiger charge is -2.31. The van der Waals surface area contributed by atoms with Crippen molar-refractivity contribution < 1.29 is 9.59 Å². The van der Waals surface area contributed by atoms with Gasteiger partial charge in [-0.3, -0.25) is 9.59 Å². The first-order valence-electron chi connectivity index (χ1n) is 8.05. The molecule has 2 heterocycles. The number of anilines is 1.